The zero-order chi connectivity index (χ0) is 20.1. The van der Waals surface area contributed by atoms with Gasteiger partial charge in [-0.3, -0.25) is 0 Å². The molecule has 1 aromatic rings. The average molecular weight is 390 g/mol. The first-order valence-electron chi connectivity index (χ1n) is 9.75. The van der Waals surface area contributed by atoms with Gasteiger partial charge in [0, 0.05) is 0 Å². The molecule has 1 atom stereocenters. The van der Waals surface area contributed by atoms with Crippen LogP contribution in [-0.4, -0.2) is 65.5 Å². The van der Waals surface area contributed by atoms with Gasteiger partial charge in [0.1, 0.15) is 38.5 Å². The average Bonchev–Trinajstić information content (AvgIpc) is 2.73. The maximum atomic E-state index is 12.6. The van der Waals surface area contributed by atoms with Gasteiger partial charge in [0.2, 0.25) is 0 Å². The number of hydrogen-bond donors (Lipinski definition) is 4. The molecule has 0 saturated carbocycles. The molecule has 0 spiro atoms. The second-order valence-electron chi connectivity index (χ2n) is 7.22. The summed E-state index contributed by atoms with van der Waals surface area (Å²) in [5, 5.41) is 5.71. The number of benzene rings is 1. The van der Waals surface area contributed by atoms with Gasteiger partial charge in [-0.15, -0.1) is 0 Å². The van der Waals surface area contributed by atoms with Crippen LogP contribution in [0, 0.1) is 0 Å². The molecule has 0 bridgehead atoms. The van der Waals surface area contributed by atoms with Crippen molar-refractivity contribution >= 4 is 12.0 Å². The second-order valence-corrected chi connectivity index (χ2v) is 7.22. The van der Waals surface area contributed by atoms with Crippen LogP contribution in [0.15, 0.2) is 35.5 Å². The van der Waals surface area contributed by atoms with Crippen molar-refractivity contribution in [3.8, 4) is 5.75 Å². The van der Waals surface area contributed by atoms with E-state index in [1.54, 1.807) is 12.0 Å². The van der Waals surface area contributed by atoms with Gasteiger partial charge in [-0.2, -0.15) is 0 Å². The Hall–Kier alpha value is -2.58. The Morgan fingerprint density at radius 2 is 1.89 bits per heavy atom. The summed E-state index contributed by atoms with van der Waals surface area (Å²) in [5.41, 5.74) is 1.87. The Bertz CT molecular complexity index is 756. The molecule has 0 aliphatic carbocycles. The molecule has 152 valence electrons. The van der Waals surface area contributed by atoms with Crippen molar-refractivity contribution in [2.45, 2.75) is 13.0 Å². The monoisotopic (exact) mass is 390 g/mol. The van der Waals surface area contributed by atoms with Crippen molar-refractivity contribution < 1.29 is 28.9 Å². The topological polar surface area (TPSA) is 85.5 Å². The summed E-state index contributed by atoms with van der Waals surface area (Å²) in [7, 11) is 2.95. The van der Waals surface area contributed by atoms with Gasteiger partial charge in [0.15, 0.2) is 0 Å². The molecule has 1 aromatic carbocycles. The van der Waals surface area contributed by atoms with Crippen molar-refractivity contribution in [3.63, 3.8) is 0 Å². The predicted molar refractivity (Wildman–Crippen MR) is 103 cm³/mol. The molecule has 2 aliphatic rings. The quantitative estimate of drug-likeness (QED) is 0.436. The number of quaternary nitrogens is 2. The Kier molecular flexibility index (Phi) is 6.53. The summed E-state index contributed by atoms with van der Waals surface area (Å²) in [4.78, 5) is 28.0. The normalized spacial score (nSPS) is 25.0. The van der Waals surface area contributed by atoms with Crippen molar-refractivity contribution in [1.82, 2.24) is 10.6 Å². The van der Waals surface area contributed by atoms with E-state index in [1.807, 2.05) is 24.3 Å². The number of esters is 1. The van der Waals surface area contributed by atoms with Crippen LogP contribution in [0.2, 0.25) is 0 Å². The number of likely N-dealkylation sites (N-methyl/N-ethyl adjacent to an activating group) is 1. The highest BCUT2D eigenvalue weighted by atomic mass is 16.5. The highest BCUT2D eigenvalue weighted by Crippen LogP contribution is 2.29. The number of methoxy groups -OCH3 is 2. The van der Waals surface area contributed by atoms with Crippen LogP contribution in [0.3, 0.4) is 0 Å². The van der Waals surface area contributed by atoms with Crippen LogP contribution < -0.4 is 25.2 Å². The van der Waals surface area contributed by atoms with Gasteiger partial charge in [0.05, 0.1) is 38.1 Å². The van der Waals surface area contributed by atoms with Crippen LogP contribution in [0.5, 0.6) is 5.75 Å². The molecule has 2 heterocycles. The van der Waals surface area contributed by atoms with Gasteiger partial charge in [0.25, 0.3) is 0 Å². The molecule has 1 saturated heterocycles. The molecule has 4 N–H and O–H groups in total. The summed E-state index contributed by atoms with van der Waals surface area (Å²) >= 11 is 0. The Morgan fingerprint density at radius 3 is 2.54 bits per heavy atom. The summed E-state index contributed by atoms with van der Waals surface area (Å²) in [6, 6.07) is 6.48. The first kappa shape index (κ1) is 20.2. The second kappa shape index (κ2) is 9.07. The minimum absolute atomic E-state index is 0.312. The molecular weight excluding hydrogens is 360 g/mol. The molecule has 28 heavy (non-hydrogen) atoms. The number of carbonyl (C=O) groups is 2. The van der Waals surface area contributed by atoms with Gasteiger partial charge in [-0.25, -0.2) is 9.59 Å². The van der Waals surface area contributed by atoms with E-state index in [4.69, 9.17) is 9.47 Å². The molecule has 1 fully saturated rings. The zero-order valence-electron chi connectivity index (χ0n) is 16.8. The van der Waals surface area contributed by atoms with Crippen molar-refractivity contribution in [2.75, 3.05) is 53.5 Å². The minimum Gasteiger partial charge on any atom is -0.497 e. The number of hydrogen-bond acceptors (Lipinski definition) is 4. The number of nitrogens with one attached hydrogen (secondary N) is 4. The van der Waals surface area contributed by atoms with Gasteiger partial charge in [-0.1, -0.05) is 12.1 Å². The first-order valence-corrected chi connectivity index (χ1v) is 9.75. The first-order chi connectivity index (χ1) is 13.5. The third-order valence-corrected chi connectivity index (χ3v) is 5.58. The minimum atomic E-state index is -0.576. The highest BCUT2D eigenvalue weighted by molar-refractivity contribution is 5.95. The summed E-state index contributed by atoms with van der Waals surface area (Å²) in [6.45, 7) is 8.13. The number of amides is 2. The summed E-state index contributed by atoms with van der Waals surface area (Å²) < 4.78 is 10.4. The molecule has 8 nitrogen and oxygen atoms in total. The van der Waals surface area contributed by atoms with E-state index in [9.17, 15) is 9.59 Å². The van der Waals surface area contributed by atoms with Crippen LogP contribution in [-0.2, 0) is 9.53 Å². The number of ether oxygens (including phenoxy) is 2. The third kappa shape index (κ3) is 4.45. The lowest BCUT2D eigenvalue weighted by Crippen LogP contribution is -3.28. The summed E-state index contributed by atoms with van der Waals surface area (Å²) in [5.74, 6) is 0.230. The lowest BCUT2D eigenvalue weighted by atomic mass is 9.94. The van der Waals surface area contributed by atoms with E-state index in [0.29, 0.717) is 23.6 Å². The fourth-order valence-corrected chi connectivity index (χ4v) is 3.92. The molecular formula is C20H30N4O4+2. The van der Waals surface area contributed by atoms with Gasteiger partial charge < -0.3 is 29.9 Å². The van der Waals surface area contributed by atoms with Crippen LogP contribution in [0.1, 0.15) is 18.5 Å². The lowest BCUT2D eigenvalue weighted by Gasteiger charge is -2.33. The van der Waals surface area contributed by atoms with E-state index >= 15 is 0 Å². The van der Waals surface area contributed by atoms with E-state index in [1.165, 1.54) is 12.0 Å². The number of carbonyl (C=O) groups excluding carboxylic acids is 2. The van der Waals surface area contributed by atoms with Crippen LogP contribution >= 0.6 is 0 Å². The molecule has 2 aliphatic heterocycles. The van der Waals surface area contributed by atoms with Gasteiger partial charge >= 0.3 is 12.0 Å². The molecule has 2 amide bonds. The Labute approximate surface area is 165 Å². The number of rotatable bonds is 6. The molecule has 0 radical (unpaired) electrons. The Balaban J connectivity index is 1.91. The smallest absolute Gasteiger partial charge is 0.338 e. The largest absolute Gasteiger partial charge is 0.497 e. The van der Waals surface area contributed by atoms with Crippen LogP contribution in [0.25, 0.3) is 0 Å². The summed E-state index contributed by atoms with van der Waals surface area (Å²) in [6.07, 6.45) is 0. The third-order valence-electron chi connectivity index (χ3n) is 5.58. The van der Waals surface area contributed by atoms with E-state index in [2.05, 4.69) is 17.6 Å². The number of piperazine rings is 1. The fourth-order valence-electron chi connectivity index (χ4n) is 3.92. The highest BCUT2D eigenvalue weighted by Gasteiger charge is 2.36. The van der Waals surface area contributed by atoms with Gasteiger partial charge in [-0.05, 0) is 24.6 Å². The predicted octanol–water partition coefficient (Wildman–Crippen LogP) is -1.72. The molecule has 0 unspecified atom stereocenters. The van der Waals surface area contributed by atoms with Crippen molar-refractivity contribution in [3.05, 3.63) is 41.1 Å². The molecule has 0 aromatic heterocycles. The Morgan fingerprint density at radius 1 is 1.18 bits per heavy atom. The van der Waals surface area contributed by atoms with Crippen molar-refractivity contribution in [2.24, 2.45) is 0 Å². The van der Waals surface area contributed by atoms with E-state index < -0.39 is 12.0 Å². The zero-order valence-corrected chi connectivity index (χ0v) is 16.8. The SMILES string of the molecule is CC[NH+]1CC[NH+](CC2=C(C(=O)OC)[C@H](c3cccc(OC)c3)NC(=O)N2)CC1. The van der Waals surface area contributed by atoms with Crippen molar-refractivity contribution in [1.29, 1.82) is 0 Å². The molecule has 8 heteroatoms. The van der Waals surface area contributed by atoms with E-state index in [-0.39, 0.29) is 6.03 Å². The maximum absolute atomic E-state index is 12.6. The lowest BCUT2D eigenvalue weighted by molar-refractivity contribution is -1.01. The molecule has 3 rings (SSSR count). The maximum Gasteiger partial charge on any atom is 0.338 e. The standard InChI is InChI=1S/C20H28N4O4/c1-4-23-8-10-24(11-9-23)13-16-17(19(25)28-3)18(22-20(26)21-16)14-6-5-7-15(12-14)27-2/h5-7,12,18H,4,8-11,13H2,1-3H3,(H2,21,22,26)/p+2/t18-/m0/s1. The fraction of sp³-hybridized carbons (Fsp3) is 0.500. The van der Waals surface area contributed by atoms with E-state index in [0.717, 1.165) is 38.3 Å². The van der Waals surface area contributed by atoms with Crippen LogP contribution in [0.4, 0.5) is 4.79 Å². The number of urea groups is 1.